The zero-order chi connectivity index (χ0) is 20.6. The summed E-state index contributed by atoms with van der Waals surface area (Å²) in [5.41, 5.74) is 2.09. The number of pyridine rings is 1. The van der Waals surface area contributed by atoms with Gasteiger partial charge in [0, 0.05) is 44.4 Å². The van der Waals surface area contributed by atoms with E-state index in [1.165, 1.54) is 25.1 Å². The number of anilines is 2. The number of hydrogen-bond donors (Lipinski definition) is 1. The number of benzene rings is 1. The number of carbonyl (C=O) groups is 1. The van der Waals surface area contributed by atoms with E-state index in [2.05, 4.69) is 20.3 Å². The lowest BCUT2D eigenvalue weighted by atomic mass is 10.2. The standard InChI is InChI=1S/C21H23N5O3/c1-26(11-8-15-6-9-22-10-7-15)21-23-13-16(14-24-21)20(27)25-18-5-4-17(28-2)12-19(18)29-3/h4-7,9-10,12-14H,8,11H2,1-3H3,(H,25,27). The molecule has 2 aromatic heterocycles. The molecule has 0 aliphatic carbocycles. The Morgan fingerprint density at radius 1 is 1.07 bits per heavy atom. The zero-order valence-corrected chi connectivity index (χ0v) is 16.6. The van der Waals surface area contributed by atoms with Crippen LogP contribution in [0.2, 0.25) is 0 Å². The molecule has 29 heavy (non-hydrogen) atoms. The van der Waals surface area contributed by atoms with Gasteiger partial charge in [0.2, 0.25) is 5.95 Å². The van der Waals surface area contributed by atoms with Crippen molar-refractivity contribution < 1.29 is 14.3 Å². The molecule has 1 amide bonds. The topological polar surface area (TPSA) is 89.5 Å². The number of carbonyl (C=O) groups excluding carboxylic acids is 1. The highest BCUT2D eigenvalue weighted by atomic mass is 16.5. The van der Waals surface area contributed by atoms with Gasteiger partial charge >= 0.3 is 0 Å². The third-order valence-corrected chi connectivity index (χ3v) is 4.38. The van der Waals surface area contributed by atoms with Crippen LogP contribution in [0.1, 0.15) is 15.9 Å². The van der Waals surface area contributed by atoms with Gasteiger partial charge in [-0.05, 0) is 36.2 Å². The van der Waals surface area contributed by atoms with Crippen LogP contribution in [0.3, 0.4) is 0 Å². The first-order valence-corrected chi connectivity index (χ1v) is 9.06. The molecule has 150 valence electrons. The van der Waals surface area contributed by atoms with Crippen LogP contribution in [0.25, 0.3) is 0 Å². The molecule has 8 heteroatoms. The van der Waals surface area contributed by atoms with Gasteiger partial charge in [0.05, 0.1) is 25.5 Å². The fourth-order valence-electron chi connectivity index (χ4n) is 2.68. The van der Waals surface area contributed by atoms with Crippen molar-refractivity contribution in [2.45, 2.75) is 6.42 Å². The Hall–Kier alpha value is -3.68. The molecular formula is C21H23N5O3. The molecule has 3 aromatic rings. The van der Waals surface area contributed by atoms with Gasteiger partial charge in [-0.2, -0.15) is 0 Å². The summed E-state index contributed by atoms with van der Waals surface area (Å²) in [5, 5.41) is 2.81. The lowest BCUT2D eigenvalue weighted by molar-refractivity contribution is 0.102. The Labute approximate surface area is 169 Å². The van der Waals surface area contributed by atoms with Crippen LogP contribution < -0.4 is 19.7 Å². The zero-order valence-electron chi connectivity index (χ0n) is 16.6. The van der Waals surface area contributed by atoms with Gasteiger partial charge in [-0.3, -0.25) is 9.78 Å². The molecule has 2 heterocycles. The van der Waals surface area contributed by atoms with Crippen LogP contribution in [0.4, 0.5) is 11.6 Å². The van der Waals surface area contributed by atoms with Crippen LogP contribution in [0.5, 0.6) is 11.5 Å². The molecule has 1 N–H and O–H groups in total. The highest BCUT2D eigenvalue weighted by Crippen LogP contribution is 2.29. The number of ether oxygens (including phenoxy) is 2. The van der Waals surface area contributed by atoms with Crippen molar-refractivity contribution in [1.29, 1.82) is 0 Å². The Kier molecular flexibility index (Phi) is 6.57. The number of nitrogens with zero attached hydrogens (tertiary/aromatic N) is 4. The summed E-state index contributed by atoms with van der Waals surface area (Å²) in [6.07, 6.45) is 7.42. The predicted molar refractivity (Wildman–Crippen MR) is 111 cm³/mol. The van der Waals surface area contributed by atoms with Gasteiger partial charge in [0.1, 0.15) is 11.5 Å². The van der Waals surface area contributed by atoms with Gasteiger partial charge in [0.15, 0.2) is 0 Å². The first kappa shape index (κ1) is 20.1. The van der Waals surface area contributed by atoms with Gasteiger partial charge in [-0.25, -0.2) is 9.97 Å². The summed E-state index contributed by atoms with van der Waals surface area (Å²) in [4.78, 5) is 27.1. The quantitative estimate of drug-likeness (QED) is 0.629. The second-order valence-corrected chi connectivity index (χ2v) is 6.32. The van der Waals surface area contributed by atoms with E-state index in [1.807, 2.05) is 24.1 Å². The van der Waals surface area contributed by atoms with Crippen molar-refractivity contribution in [3.05, 3.63) is 66.2 Å². The lowest BCUT2D eigenvalue weighted by Crippen LogP contribution is -2.23. The number of hydrogen-bond acceptors (Lipinski definition) is 7. The third-order valence-electron chi connectivity index (χ3n) is 4.38. The molecule has 0 aliphatic heterocycles. The van der Waals surface area contributed by atoms with E-state index in [4.69, 9.17) is 9.47 Å². The Morgan fingerprint density at radius 3 is 2.45 bits per heavy atom. The molecule has 0 aliphatic rings. The van der Waals surface area contributed by atoms with Crippen molar-refractivity contribution in [1.82, 2.24) is 15.0 Å². The molecule has 0 unspecified atom stereocenters. The smallest absolute Gasteiger partial charge is 0.258 e. The summed E-state index contributed by atoms with van der Waals surface area (Å²) in [5.74, 6) is 1.38. The van der Waals surface area contributed by atoms with Crippen molar-refractivity contribution in [2.24, 2.45) is 0 Å². The number of nitrogens with one attached hydrogen (secondary N) is 1. The van der Waals surface area contributed by atoms with Gasteiger partial charge < -0.3 is 19.7 Å². The lowest BCUT2D eigenvalue weighted by Gasteiger charge is -2.17. The summed E-state index contributed by atoms with van der Waals surface area (Å²) in [6, 6.07) is 9.13. The molecule has 0 spiro atoms. The molecule has 3 rings (SSSR count). The number of aromatic nitrogens is 3. The van der Waals surface area contributed by atoms with Crippen LogP contribution >= 0.6 is 0 Å². The van der Waals surface area contributed by atoms with Crippen molar-refractivity contribution >= 4 is 17.5 Å². The first-order valence-electron chi connectivity index (χ1n) is 9.06. The molecule has 0 fully saturated rings. The Balaban J connectivity index is 1.62. The number of methoxy groups -OCH3 is 2. The molecule has 8 nitrogen and oxygen atoms in total. The minimum absolute atomic E-state index is 0.320. The average molecular weight is 393 g/mol. The maximum absolute atomic E-state index is 12.5. The minimum Gasteiger partial charge on any atom is -0.497 e. The Morgan fingerprint density at radius 2 is 1.79 bits per heavy atom. The average Bonchev–Trinajstić information content (AvgIpc) is 2.78. The van der Waals surface area contributed by atoms with Crippen molar-refractivity contribution in [3.8, 4) is 11.5 Å². The molecule has 0 saturated heterocycles. The maximum atomic E-state index is 12.5. The predicted octanol–water partition coefficient (Wildman–Crippen LogP) is 2.82. The van der Waals surface area contributed by atoms with Gasteiger partial charge in [-0.1, -0.05) is 0 Å². The van der Waals surface area contributed by atoms with Crippen molar-refractivity contribution in [2.75, 3.05) is 38.0 Å². The number of rotatable bonds is 8. The van der Waals surface area contributed by atoms with E-state index in [-0.39, 0.29) is 5.91 Å². The van der Waals surface area contributed by atoms with E-state index >= 15 is 0 Å². The molecule has 1 aromatic carbocycles. The molecule has 0 saturated carbocycles. The third kappa shape index (κ3) is 5.19. The highest BCUT2D eigenvalue weighted by molar-refractivity contribution is 6.04. The molecule has 0 bridgehead atoms. The fourth-order valence-corrected chi connectivity index (χ4v) is 2.68. The van der Waals surface area contributed by atoms with E-state index in [0.717, 1.165) is 13.0 Å². The second kappa shape index (κ2) is 9.50. The largest absolute Gasteiger partial charge is 0.497 e. The molecule has 0 radical (unpaired) electrons. The number of likely N-dealkylation sites (N-methyl/N-ethyl adjacent to an activating group) is 1. The fraction of sp³-hybridized carbons (Fsp3) is 0.238. The van der Waals surface area contributed by atoms with E-state index in [0.29, 0.717) is 28.7 Å². The van der Waals surface area contributed by atoms with Crippen molar-refractivity contribution in [3.63, 3.8) is 0 Å². The first-order chi connectivity index (χ1) is 14.1. The van der Waals surface area contributed by atoms with E-state index in [1.54, 1.807) is 37.7 Å². The monoisotopic (exact) mass is 393 g/mol. The highest BCUT2D eigenvalue weighted by Gasteiger charge is 2.13. The normalized spacial score (nSPS) is 10.3. The second-order valence-electron chi connectivity index (χ2n) is 6.32. The Bertz CT molecular complexity index is 948. The maximum Gasteiger partial charge on any atom is 0.258 e. The van der Waals surface area contributed by atoms with Crippen LogP contribution in [0, 0.1) is 0 Å². The van der Waals surface area contributed by atoms with Crippen LogP contribution in [-0.4, -0.2) is 48.7 Å². The van der Waals surface area contributed by atoms with E-state index < -0.39 is 0 Å². The van der Waals surface area contributed by atoms with Crippen LogP contribution in [-0.2, 0) is 6.42 Å². The van der Waals surface area contributed by atoms with Gasteiger partial charge in [0.25, 0.3) is 5.91 Å². The SMILES string of the molecule is COc1ccc(NC(=O)c2cnc(N(C)CCc3ccncc3)nc2)c(OC)c1. The molecule has 0 atom stereocenters. The summed E-state index contributed by atoms with van der Waals surface area (Å²) >= 11 is 0. The van der Waals surface area contributed by atoms with Crippen LogP contribution in [0.15, 0.2) is 55.1 Å². The summed E-state index contributed by atoms with van der Waals surface area (Å²) < 4.78 is 10.5. The molecular weight excluding hydrogens is 370 g/mol. The minimum atomic E-state index is -0.320. The van der Waals surface area contributed by atoms with Gasteiger partial charge in [-0.15, -0.1) is 0 Å². The van der Waals surface area contributed by atoms with E-state index in [9.17, 15) is 4.79 Å². The summed E-state index contributed by atoms with van der Waals surface area (Å²) in [6.45, 7) is 0.749. The number of amides is 1. The summed E-state index contributed by atoms with van der Waals surface area (Å²) in [7, 11) is 5.02.